The predicted molar refractivity (Wildman–Crippen MR) is 111 cm³/mol. The smallest absolute Gasteiger partial charge is 0.328 e. The van der Waals surface area contributed by atoms with Crippen LogP contribution in [0.4, 0.5) is 4.79 Å². The summed E-state index contributed by atoms with van der Waals surface area (Å²) in [6, 6.07) is 13.0. The van der Waals surface area contributed by atoms with Gasteiger partial charge in [-0.05, 0) is 24.1 Å². The number of unbranched alkanes of at least 4 members (excludes halogenated alkanes) is 1. The van der Waals surface area contributed by atoms with Gasteiger partial charge in [0.05, 0.1) is 6.61 Å². The van der Waals surface area contributed by atoms with Gasteiger partial charge in [-0.3, -0.25) is 4.84 Å². The molecule has 0 aliphatic carbocycles. The Morgan fingerprint density at radius 1 is 0.967 bits per heavy atom. The fraction of sp³-hybridized carbons (Fsp3) is 0.316. The number of sulfonamides is 2. The van der Waals surface area contributed by atoms with E-state index in [4.69, 9.17) is 4.84 Å². The quantitative estimate of drug-likeness (QED) is 0.418. The molecule has 2 amide bonds. The van der Waals surface area contributed by atoms with Crippen molar-refractivity contribution in [3.8, 4) is 0 Å². The number of urea groups is 1. The van der Waals surface area contributed by atoms with Gasteiger partial charge in [-0.15, -0.1) is 0 Å². The molecule has 0 unspecified atom stereocenters. The molecular weight excluding hydrogens is 430 g/mol. The second-order valence-electron chi connectivity index (χ2n) is 6.34. The van der Waals surface area contributed by atoms with E-state index in [1.54, 1.807) is 24.3 Å². The van der Waals surface area contributed by atoms with Crippen molar-refractivity contribution in [3.63, 3.8) is 0 Å². The fourth-order valence-electron chi connectivity index (χ4n) is 2.42. The molecule has 0 atom stereocenters. The summed E-state index contributed by atoms with van der Waals surface area (Å²) in [5, 5.41) is 2.42. The summed E-state index contributed by atoms with van der Waals surface area (Å²) in [7, 11) is -7.58. The van der Waals surface area contributed by atoms with Gasteiger partial charge in [0.15, 0.2) is 0 Å². The van der Waals surface area contributed by atoms with Crippen molar-refractivity contribution in [2.45, 2.75) is 36.2 Å². The Labute approximate surface area is 177 Å². The average Bonchev–Trinajstić information content (AvgIpc) is 2.72. The summed E-state index contributed by atoms with van der Waals surface area (Å²) in [4.78, 5) is 16.1. The zero-order chi connectivity index (χ0) is 22.2. The Balaban J connectivity index is 2.22. The molecule has 2 N–H and O–H groups in total. The van der Waals surface area contributed by atoms with Crippen LogP contribution in [0.1, 0.15) is 25.3 Å². The monoisotopic (exact) mass is 455 g/mol. The molecule has 2 aromatic rings. The van der Waals surface area contributed by atoms with E-state index < -0.39 is 35.9 Å². The summed E-state index contributed by atoms with van der Waals surface area (Å²) in [5.41, 5.74) is 0.742. The second-order valence-corrected chi connectivity index (χ2v) is 9.89. The van der Waals surface area contributed by atoms with Gasteiger partial charge < -0.3 is 5.32 Å². The van der Waals surface area contributed by atoms with Crippen molar-refractivity contribution < 1.29 is 26.5 Å². The summed E-state index contributed by atoms with van der Waals surface area (Å²) >= 11 is 0. The van der Waals surface area contributed by atoms with E-state index >= 15 is 0 Å². The van der Waals surface area contributed by atoms with Crippen LogP contribution in [-0.4, -0.2) is 40.9 Å². The molecule has 0 aliphatic rings. The van der Waals surface area contributed by atoms with Crippen LogP contribution in [0.15, 0.2) is 64.4 Å². The van der Waals surface area contributed by atoms with Crippen molar-refractivity contribution >= 4 is 26.1 Å². The molecule has 164 valence electrons. The molecule has 0 bridgehead atoms. The lowest BCUT2D eigenvalue weighted by molar-refractivity contribution is -0.0771. The molecule has 11 heteroatoms. The number of carbonyl (C=O) groups excluding carboxylic acids is 1. The Morgan fingerprint density at radius 3 is 2.20 bits per heavy atom. The average molecular weight is 456 g/mol. The van der Waals surface area contributed by atoms with Crippen LogP contribution in [-0.2, 0) is 31.5 Å². The van der Waals surface area contributed by atoms with Gasteiger partial charge in [-0.1, -0.05) is 60.3 Å². The first-order valence-corrected chi connectivity index (χ1v) is 12.2. The third-order valence-corrected chi connectivity index (χ3v) is 7.27. The molecule has 0 saturated heterocycles. The molecule has 0 saturated carbocycles. The van der Waals surface area contributed by atoms with Crippen LogP contribution < -0.4 is 10.0 Å². The number of benzene rings is 2. The molecule has 0 aliphatic heterocycles. The van der Waals surface area contributed by atoms with Crippen LogP contribution >= 0.6 is 0 Å². The molecular formula is C19H25N3O6S2. The van der Waals surface area contributed by atoms with E-state index in [2.05, 4.69) is 5.32 Å². The van der Waals surface area contributed by atoms with Gasteiger partial charge in [0.25, 0.3) is 20.0 Å². The van der Waals surface area contributed by atoms with Gasteiger partial charge in [0, 0.05) is 13.6 Å². The van der Waals surface area contributed by atoms with Crippen LogP contribution in [0.3, 0.4) is 0 Å². The molecule has 2 rings (SSSR count). The molecule has 9 nitrogen and oxygen atoms in total. The molecule has 0 heterocycles. The minimum Gasteiger partial charge on any atom is -0.337 e. The SMILES string of the molecule is CCCCNC(=O)NS(=O)(=O)c1ccccc1S(=O)(=O)N(C)OCc1ccccc1. The maximum absolute atomic E-state index is 12.9. The molecule has 0 fully saturated rings. The van der Waals surface area contributed by atoms with Gasteiger partial charge in [0.1, 0.15) is 9.79 Å². The molecule has 0 aromatic heterocycles. The lowest BCUT2D eigenvalue weighted by Gasteiger charge is -2.19. The minimum atomic E-state index is -4.43. The maximum atomic E-state index is 12.9. The number of hydroxylamine groups is 1. The number of nitrogens with zero attached hydrogens (tertiary/aromatic N) is 1. The highest BCUT2D eigenvalue weighted by molar-refractivity contribution is 7.92. The minimum absolute atomic E-state index is 0.0242. The predicted octanol–water partition coefficient (Wildman–Crippen LogP) is 2.23. The van der Waals surface area contributed by atoms with Crippen molar-refractivity contribution in [1.82, 2.24) is 14.5 Å². The van der Waals surface area contributed by atoms with Crippen LogP contribution in [0, 0.1) is 0 Å². The third kappa shape index (κ3) is 6.26. The number of nitrogens with one attached hydrogen (secondary N) is 2. The Morgan fingerprint density at radius 2 is 1.57 bits per heavy atom. The van der Waals surface area contributed by atoms with Crippen molar-refractivity contribution in [1.29, 1.82) is 0 Å². The number of amides is 2. The molecule has 2 aromatic carbocycles. The Bertz CT molecular complexity index is 1060. The standard InChI is InChI=1S/C19H25N3O6S2/c1-3-4-14-20-19(23)21-29(24,25)17-12-8-9-13-18(17)30(26,27)22(2)28-15-16-10-6-5-7-11-16/h5-13H,3-4,14-15H2,1-2H3,(H2,20,21,23). The number of hydrogen-bond acceptors (Lipinski definition) is 6. The summed E-state index contributed by atoms with van der Waals surface area (Å²) in [6.45, 7) is 2.20. The summed E-state index contributed by atoms with van der Waals surface area (Å²) in [5.74, 6) is 0. The van der Waals surface area contributed by atoms with E-state index in [0.29, 0.717) is 17.4 Å². The highest BCUT2D eigenvalue weighted by Gasteiger charge is 2.31. The van der Waals surface area contributed by atoms with Gasteiger partial charge in [-0.2, -0.15) is 0 Å². The van der Waals surface area contributed by atoms with E-state index in [1.807, 2.05) is 17.7 Å². The first-order chi connectivity index (χ1) is 14.2. The maximum Gasteiger partial charge on any atom is 0.328 e. The van der Waals surface area contributed by atoms with Gasteiger partial charge in [0.2, 0.25) is 0 Å². The largest absolute Gasteiger partial charge is 0.337 e. The fourth-order valence-corrected chi connectivity index (χ4v) is 5.13. The van der Waals surface area contributed by atoms with E-state index in [9.17, 15) is 21.6 Å². The zero-order valence-corrected chi connectivity index (χ0v) is 18.4. The van der Waals surface area contributed by atoms with Crippen molar-refractivity contribution in [3.05, 3.63) is 60.2 Å². The zero-order valence-electron chi connectivity index (χ0n) is 16.7. The molecule has 30 heavy (non-hydrogen) atoms. The van der Waals surface area contributed by atoms with Crippen LogP contribution in [0.2, 0.25) is 0 Å². The second kappa shape index (κ2) is 10.5. The Kier molecular flexibility index (Phi) is 8.35. The molecule has 0 radical (unpaired) electrons. The van der Waals surface area contributed by atoms with Crippen molar-refractivity contribution in [2.24, 2.45) is 0 Å². The lowest BCUT2D eigenvalue weighted by Crippen LogP contribution is -2.40. The third-order valence-electron chi connectivity index (χ3n) is 4.05. The number of carbonyl (C=O) groups is 1. The van der Waals surface area contributed by atoms with E-state index in [1.165, 1.54) is 19.2 Å². The number of hydrogen-bond donors (Lipinski definition) is 2. The first kappa shape index (κ1) is 23.8. The highest BCUT2D eigenvalue weighted by atomic mass is 32.2. The van der Waals surface area contributed by atoms with Crippen LogP contribution in [0.25, 0.3) is 0 Å². The highest BCUT2D eigenvalue weighted by Crippen LogP contribution is 2.24. The topological polar surface area (TPSA) is 122 Å². The van der Waals surface area contributed by atoms with Crippen molar-refractivity contribution in [2.75, 3.05) is 13.6 Å². The summed E-state index contributed by atoms with van der Waals surface area (Å²) in [6.07, 6.45) is 1.51. The summed E-state index contributed by atoms with van der Waals surface area (Å²) < 4.78 is 53.6. The van der Waals surface area contributed by atoms with E-state index in [0.717, 1.165) is 24.1 Å². The van der Waals surface area contributed by atoms with Gasteiger partial charge in [-0.25, -0.2) is 26.4 Å². The Hall–Kier alpha value is -2.47. The van der Waals surface area contributed by atoms with Gasteiger partial charge >= 0.3 is 6.03 Å². The normalized spacial score (nSPS) is 12.0. The van der Waals surface area contributed by atoms with Crippen LogP contribution in [0.5, 0.6) is 0 Å². The lowest BCUT2D eigenvalue weighted by atomic mass is 10.2. The molecule has 0 spiro atoms. The van der Waals surface area contributed by atoms with E-state index in [-0.39, 0.29) is 6.61 Å². The number of rotatable bonds is 10. The first-order valence-electron chi connectivity index (χ1n) is 9.24.